The summed E-state index contributed by atoms with van der Waals surface area (Å²) in [6, 6.07) is 15.3. The highest BCUT2D eigenvalue weighted by Gasteiger charge is 2.18. The van der Waals surface area contributed by atoms with Crippen molar-refractivity contribution in [1.29, 1.82) is 0 Å². The number of rotatable bonds is 14. The highest BCUT2D eigenvalue weighted by molar-refractivity contribution is 5.95. The summed E-state index contributed by atoms with van der Waals surface area (Å²) < 4.78 is 21.6. The molecule has 3 aromatic rings. The Kier molecular flexibility index (Phi) is 15.1. The van der Waals surface area contributed by atoms with Gasteiger partial charge >= 0.3 is 0 Å². The Labute approximate surface area is 244 Å². The largest absolute Gasteiger partial charge is 0.493 e. The van der Waals surface area contributed by atoms with Gasteiger partial charge in [-0.2, -0.15) is 0 Å². The minimum absolute atomic E-state index is 0. The maximum absolute atomic E-state index is 13.4. The van der Waals surface area contributed by atoms with E-state index in [1.165, 1.54) is 5.56 Å². The molecule has 39 heavy (non-hydrogen) atoms. The Morgan fingerprint density at radius 2 is 1.31 bits per heavy atom. The summed E-state index contributed by atoms with van der Waals surface area (Å²) in [5.74, 6) is 2.70. The zero-order chi connectivity index (χ0) is 26.6. The minimum atomic E-state index is 0. The van der Waals surface area contributed by atoms with E-state index in [0.717, 1.165) is 48.7 Å². The van der Waals surface area contributed by atoms with Crippen molar-refractivity contribution in [3.8, 4) is 23.0 Å². The van der Waals surface area contributed by atoms with Crippen molar-refractivity contribution >= 4 is 36.4 Å². The average Bonchev–Trinajstić information content (AvgIpc) is 2.94. The molecule has 0 saturated heterocycles. The molecule has 0 atom stereocenters. The highest BCUT2D eigenvalue weighted by atomic mass is 35.5. The van der Waals surface area contributed by atoms with E-state index in [1.54, 1.807) is 40.8 Å². The van der Waals surface area contributed by atoms with Gasteiger partial charge in [0.05, 0.1) is 34.9 Å². The van der Waals surface area contributed by atoms with Gasteiger partial charge in [0, 0.05) is 37.2 Å². The average molecular weight is 581 g/mol. The predicted molar refractivity (Wildman–Crippen MR) is 160 cm³/mol. The zero-order valence-corrected chi connectivity index (χ0v) is 24.8. The van der Waals surface area contributed by atoms with E-state index in [0.29, 0.717) is 24.5 Å². The lowest BCUT2D eigenvalue weighted by atomic mass is 10.1. The van der Waals surface area contributed by atoms with Crippen LogP contribution in [0.15, 0.2) is 60.9 Å². The molecule has 0 unspecified atom stereocenters. The van der Waals surface area contributed by atoms with Crippen molar-refractivity contribution in [3.05, 3.63) is 72.1 Å². The third-order valence-electron chi connectivity index (χ3n) is 6.24. The van der Waals surface area contributed by atoms with Crippen LogP contribution in [0.2, 0.25) is 0 Å². The molecule has 0 radical (unpaired) electrons. The van der Waals surface area contributed by atoms with Crippen molar-refractivity contribution in [3.63, 3.8) is 0 Å². The summed E-state index contributed by atoms with van der Waals surface area (Å²) in [6.45, 7) is 2.32. The Morgan fingerprint density at radius 1 is 0.718 bits per heavy atom. The van der Waals surface area contributed by atoms with Crippen LogP contribution < -0.4 is 23.8 Å². The molecule has 2 aromatic carbocycles. The lowest BCUT2D eigenvalue weighted by molar-refractivity contribution is -0.118. The van der Waals surface area contributed by atoms with Crippen molar-refractivity contribution in [2.45, 2.75) is 19.3 Å². The number of hydrogen-bond acceptors (Lipinski definition) is 7. The molecule has 8 nitrogen and oxygen atoms in total. The van der Waals surface area contributed by atoms with Crippen LogP contribution in [0, 0.1) is 0 Å². The number of benzene rings is 2. The minimum Gasteiger partial charge on any atom is -0.493 e. The Hall–Kier alpha value is -3.20. The summed E-state index contributed by atoms with van der Waals surface area (Å²) in [5.41, 5.74) is 2.89. The molecule has 214 valence electrons. The van der Waals surface area contributed by atoms with Gasteiger partial charge in [0.25, 0.3) is 0 Å². The van der Waals surface area contributed by atoms with Gasteiger partial charge in [0.1, 0.15) is 0 Å². The van der Waals surface area contributed by atoms with Crippen molar-refractivity contribution in [1.82, 2.24) is 9.88 Å². The van der Waals surface area contributed by atoms with Crippen LogP contribution in [-0.2, 0) is 17.6 Å². The van der Waals surface area contributed by atoms with Crippen LogP contribution in [0.3, 0.4) is 0 Å². The quantitative estimate of drug-likeness (QED) is 0.263. The molecule has 0 fully saturated rings. The fourth-order valence-electron chi connectivity index (χ4n) is 4.13. The highest BCUT2D eigenvalue weighted by Crippen LogP contribution is 2.32. The number of halogens is 2. The van der Waals surface area contributed by atoms with E-state index in [-0.39, 0.29) is 30.7 Å². The molecule has 0 aliphatic heterocycles. The van der Waals surface area contributed by atoms with Crippen LogP contribution in [0.4, 0.5) is 5.69 Å². The Balaban J connectivity index is 0.00000380. The van der Waals surface area contributed by atoms with E-state index in [2.05, 4.69) is 23.0 Å². The van der Waals surface area contributed by atoms with Crippen LogP contribution in [0.1, 0.15) is 17.5 Å². The third-order valence-corrected chi connectivity index (χ3v) is 6.24. The van der Waals surface area contributed by atoms with Gasteiger partial charge in [-0.3, -0.25) is 9.78 Å². The maximum Gasteiger partial charge on any atom is 0.231 e. The summed E-state index contributed by atoms with van der Waals surface area (Å²) in [4.78, 5) is 21.5. The molecule has 1 amide bonds. The number of anilines is 1. The number of pyridine rings is 1. The number of hydrogen-bond donors (Lipinski definition) is 0. The monoisotopic (exact) mass is 579 g/mol. The zero-order valence-electron chi connectivity index (χ0n) is 23.2. The molecule has 0 aliphatic carbocycles. The molecule has 0 spiro atoms. The smallest absolute Gasteiger partial charge is 0.231 e. The maximum atomic E-state index is 13.4. The Bertz CT molecular complexity index is 1150. The molecule has 3 rings (SSSR count). The van der Waals surface area contributed by atoms with Crippen LogP contribution in [0.25, 0.3) is 0 Å². The fraction of sp³-hybridized carbons (Fsp3) is 0.379. The number of carbonyl (C=O) groups excluding carboxylic acids is 1. The topological polar surface area (TPSA) is 73.4 Å². The number of methoxy groups -OCH3 is 4. The molecule has 1 aromatic heterocycles. The fourth-order valence-corrected chi connectivity index (χ4v) is 4.13. The third kappa shape index (κ3) is 9.80. The van der Waals surface area contributed by atoms with Crippen molar-refractivity contribution in [2.24, 2.45) is 0 Å². The van der Waals surface area contributed by atoms with E-state index < -0.39 is 0 Å². The van der Waals surface area contributed by atoms with Crippen molar-refractivity contribution < 1.29 is 23.7 Å². The summed E-state index contributed by atoms with van der Waals surface area (Å²) in [5, 5.41) is 0. The summed E-state index contributed by atoms with van der Waals surface area (Å²) in [7, 11) is 8.58. The first kappa shape index (κ1) is 33.8. The SMILES string of the molecule is COc1ccc(CCN(C)CCCN(C(=O)Cc2ccncc2)c2ccc(OC)c(OC)c2)cc1OC.Cl.Cl. The first-order valence-electron chi connectivity index (χ1n) is 12.3. The van der Waals surface area contributed by atoms with Gasteiger partial charge in [-0.25, -0.2) is 0 Å². The second-order valence-corrected chi connectivity index (χ2v) is 8.71. The number of aromatic nitrogens is 1. The lowest BCUT2D eigenvalue weighted by Crippen LogP contribution is -2.35. The van der Waals surface area contributed by atoms with E-state index >= 15 is 0 Å². The van der Waals surface area contributed by atoms with Gasteiger partial charge in [-0.1, -0.05) is 6.07 Å². The molecule has 10 heteroatoms. The van der Waals surface area contributed by atoms with Crippen LogP contribution in [-0.4, -0.2) is 70.9 Å². The number of nitrogens with zero attached hydrogens (tertiary/aromatic N) is 3. The first-order valence-corrected chi connectivity index (χ1v) is 12.3. The van der Waals surface area contributed by atoms with Gasteiger partial charge in [-0.15, -0.1) is 24.8 Å². The second-order valence-electron chi connectivity index (χ2n) is 8.71. The molecule has 0 aliphatic rings. The normalized spacial score (nSPS) is 10.2. The molecule has 0 saturated carbocycles. The van der Waals surface area contributed by atoms with E-state index in [9.17, 15) is 4.79 Å². The molecular formula is C29H39Cl2N3O5. The molecule has 0 N–H and O–H groups in total. The molecular weight excluding hydrogens is 541 g/mol. The van der Waals surface area contributed by atoms with E-state index in [1.807, 2.05) is 47.4 Å². The molecule has 1 heterocycles. The lowest BCUT2D eigenvalue weighted by Gasteiger charge is -2.25. The van der Waals surface area contributed by atoms with E-state index in [4.69, 9.17) is 18.9 Å². The standard InChI is InChI=1S/C29H37N3O5.2ClH/c1-31(18-13-22-7-9-25(34-2)27(19-22)36-4)16-6-17-32(29(33)20-23-11-14-30-15-12-23)24-8-10-26(35-3)28(21-24)37-5;;/h7-12,14-15,19,21H,6,13,16-18,20H2,1-5H3;2*1H. The Morgan fingerprint density at radius 3 is 1.92 bits per heavy atom. The van der Waals surface area contributed by atoms with Crippen molar-refractivity contribution in [2.75, 3.05) is 60.0 Å². The van der Waals surface area contributed by atoms with Gasteiger partial charge < -0.3 is 28.7 Å². The molecule has 0 bridgehead atoms. The van der Waals surface area contributed by atoms with Crippen LogP contribution in [0.5, 0.6) is 23.0 Å². The number of amides is 1. The predicted octanol–water partition coefficient (Wildman–Crippen LogP) is 5.10. The van der Waals surface area contributed by atoms with Gasteiger partial charge in [0.2, 0.25) is 5.91 Å². The first-order chi connectivity index (χ1) is 18.0. The number of carbonyl (C=O) groups is 1. The second kappa shape index (κ2) is 17.4. The summed E-state index contributed by atoms with van der Waals surface area (Å²) in [6.07, 6.45) is 5.41. The number of ether oxygens (including phenoxy) is 4. The van der Waals surface area contributed by atoms with Gasteiger partial charge in [-0.05, 0) is 74.0 Å². The van der Waals surface area contributed by atoms with Crippen LogP contribution >= 0.6 is 24.8 Å². The summed E-state index contributed by atoms with van der Waals surface area (Å²) >= 11 is 0. The number of likely N-dealkylation sites (N-methyl/N-ethyl adjacent to an activating group) is 1. The van der Waals surface area contributed by atoms with Gasteiger partial charge in [0.15, 0.2) is 23.0 Å².